The number of aromatic carboxylic acids is 1. The van der Waals surface area contributed by atoms with E-state index in [9.17, 15) is 19.8 Å². The number of guanidine groups is 1. The molecule has 1 amide bonds. The van der Waals surface area contributed by atoms with Crippen LogP contribution >= 0.6 is 0 Å². The van der Waals surface area contributed by atoms with Crippen molar-refractivity contribution in [3.63, 3.8) is 0 Å². The summed E-state index contributed by atoms with van der Waals surface area (Å²) in [7, 11) is 1.77. The summed E-state index contributed by atoms with van der Waals surface area (Å²) >= 11 is 0. The molecule has 3 heterocycles. The molecule has 3 aliphatic heterocycles. The highest BCUT2D eigenvalue weighted by molar-refractivity contribution is 5.97. The van der Waals surface area contributed by atoms with E-state index in [-0.39, 0.29) is 34.9 Å². The van der Waals surface area contributed by atoms with Gasteiger partial charge in [-0.1, -0.05) is 12.1 Å². The lowest BCUT2D eigenvalue weighted by Gasteiger charge is -2.55. The number of aliphatic hydroxyl groups excluding tert-OH is 1. The highest BCUT2D eigenvalue weighted by atomic mass is 16.5. The highest BCUT2D eigenvalue weighted by Crippen LogP contribution is 2.55. The molecule has 0 radical (unpaired) electrons. The zero-order chi connectivity index (χ0) is 31.0. The number of piperidine rings is 2. The number of ether oxygens (including phenoxy) is 1. The minimum atomic E-state index is -1.02. The average molecular weight is 605 g/mol. The number of carboxylic acids is 1. The number of amides is 1. The van der Waals surface area contributed by atoms with Crippen LogP contribution in [0, 0.1) is 16.7 Å². The van der Waals surface area contributed by atoms with Crippen LogP contribution in [0.1, 0.15) is 66.1 Å². The first-order valence-corrected chi connectivity index (χ1v) is 15.7. The number of carbonyl (C=O) groups is 2. The van der Waals surface area contributed by atoms with E-state index in [0.717, 1.165) is 87.9 Å². The third-order valence-electron chi connectivity index (χ3n) is 10.5. The number of anilines is 2. The van der Waals surface area contributed by atoms with E-state index in [2.05, 4.69) is 16.3 Å². The van der Waals surface area contributed by atoms with Crippen LogP contribution in [0.5, 0.6) is 0 Å². The fourth-order valence-corrected chi connectivity index (χ4v) is 7.95. The Morgan fingerprint density at radius 3 is 2.34 bits per heavy atom. The number of carbonyl (C=O) groups excluding carboxylic acids is 1. The second-order valence-corrected chi connectivity index (χ2v) is 13.0. The first kappa shape index (κ1) is 30.4. The molecule has 6 N–H and O–H groups in total. The van der Waals surface area contributed by atoms with E-state index >= 15 is 0 Å². The van der Waals surface area contributed by atoms with Crippen molar-refractivity contribution in [1.82, 2.24) is 9.80 Å². The first-order valence-electron chi connectivity index (χ1n) is 15.7. The van der Waals surface area contributed by atoms with Gasteiger partial charge < -0.3 is 35.8 Å². The summed E-state index contributed by atoms with van der Waals surface area (Å²) in [5.41, 5.74) is 9.74. The van der Waals surface area contributed by atoms with E-state index in [4.69, 9.17) is 15.9 Å². The maximum absolute atomic E-state index is 14.1. The van der Waals surface area contributed by atoms with Gasteiger partial charge in [-0.05, 0) is 97.7 Å². The van der Waals surface area contributed by atoms with E-state index in [0.29, 0.717) is 12.2 Å². The predicted octanol–water partition coefficient (Wildman–Crippen LogP) is 3.24. The number of benzene rings is 2. The van der Waals surface area contributed by atoms with Crippen LogP contribution in [-0.4, -0.2) is 90.0 Å². The number of rotatable bonds is 7. The van der Waals surface area contributed by atoms with Crippen molar-refractivity contribution in [2.75, 3.05) is 50.1 Å². The van der Waals surface area contributed by atoms with Crippen LogP contribution in [-0.2, 0) is 16.0 Å². The molecule has 2 unspecified atom stereocenters. The van der Waals surface area contributed by atoms with Crippen LogP contribution in [0.2, 0.25) is 0 Å². The molecule has 2 saturated heterocycles. The largest absolute Gasteiger partial charge is 0.478 e. The molecule has 44 heavy (non-hydrogen) atoms. The highest BCUT2D eigenvalue weighted by Gasteiger charge is 2.51. The van der Waals surface area contributed by atoms with Gasteiger partial charge in [0, 0.05) is 51.2 Å². The molecule has 4 aliphatic rings. The Balaban J connectivity index is 1.24. The van der Waals surface area contributed by atoms with Crippen LogP contribution in [0.3, 0.4) is 0 Å². The summed E-state index contributed by atoms with van der Waals surface area (Å²) in [5, 5.41) is 31.9. The van der Waals surface area contributed by atoms with Gasteiger partial charge in [0.1, 0.15) is 12.3 Å². The lowest BCUT2D eigenvalue weighted by molar-refractivity contribution is -0.149. The molecule has 6 rings (SSSR count). The van der Waals surface area contributed by atoms with Crippen LogP contribution in [0.4, 0.5) is 11.4 Å². The van der Waals surface area contributed by atoms with Crippen molar-refractivity contribution in [3.8, 4) is 0 Å². The first-order chi connectivity index (χ1) is 21.2. The predicted molar refractivity (Wildman–Crippen MR) is 168 cm³/mol. The fraction of sp³-hybridized carbons (Fsp3) is 0.545. The number of fused-ring (bicyclic) bond motifs is 1. The Morgan fingerprint density at radius 1 is 1.05 bits per heavy atom. The number of methoxy groups -OCH3 is 1. The Bertz CT molecular complexity index is 1380. The number of carboxylic acid groups (broad SMARTS) is 1. The van der Waals surface area contributed by atoms with Crippen molar-refractivity contribution < 1.29 is 24.5 Å². The molecule has 1 spiro atoms. The molecule has 0 bridgehead atoms. The molecule has 1 aliphatic carbocycles. The van der Waals surface area contributed by atoms with E-state index in [1.807, 2.05) is 21.9 Å². The number of hydrogen-bond donors (Lipinski definition) is 5. The minimum absolute atomic E-state index is 0.0573. The van der Waals surface area contributed by atoms with Crippen LogP contribution < -0.4 is 16.0 Å². The lowest BCUT2D eigenvalue weighted by Crippen LogP contribution is -2.57. The van der Waals surface area contributed by atoms with E-state index < -0.39 is 18.2 Å². The van der Waals surface area contributed by atoms with Gasteiger partial charge in [-0.25, -0.2) is 4.79 Å². The number of nitrogens with one attached hydrogen (secondary N) is 2. The van der Waals surface area contributed by atoms with Crippen molar-refractivity contribution in [2.24, 2.45) is 17.1 Å². The van der Waals surface area contributed by atoms with Gasteiger partial charge in [-0.15, -0.1) is 0 Å². The van der Waals surface area contributed by atoms with Gasteiger partial charge in [-0.3, -0.25) is 15.1 Å². The Labute approximate surface area is 258 Å². The summed E-state index contributed by atoms with van der Waals surface area (Å²) in [4.78, 5) is 31.7. The van der Waals surface area contributed by atoms with Gasteiger partial charge in [0.25, 0.3) is 0 Å². The molecular weight excluding hydrogens is 560 g/mol. The van der Waals surface area contributed by atoms with Crippen LogP contribution in [0.25, 0.3) is 0 Å². The Hall–Kier alpha value is -3.67. The standard InChI is InChI=1S/C33H44N6O5/c1-44-24-9-14-37(15-10-24)27-4-2-3-26-25(27)11-16-39(28(26)29(40)36-23-7-5-21(6-8-23)31(42)43)30(41)22-19-33(20-22)12-17-38(18-13-33)32(34)35/h2-8,22,24,28,30,41H,9-20H2,1H3,(H3,34,35)(H,36,40)(H,42,43). The quantitative estimate of drug-likeness (QED) is 0.237. The Kier molecular flexibility index (Phi) is 8.54. The maximum Gasteiger partial charge on any atom is 0.335 e. The fourth-order valence-electron chi connectivity index (χ4n) is 7.95. The van der Waals surface area contributed by atoms with Gasteiger partial charge in [0.2, 0.25) is 5.91 Å². The third kappa shape index (κ3) is 5.88. The smallest absolute Gasteiger partial charge is 0.335 e. The number of nitrogens with two attached hydrogens (primary N) is 1. The van der Waals surface area contributed by atoms with Crippen molar-refractivity contribution >= 4 is 29.2 Å². The second-order valence-electron chi connectivity index (χ2n) is 13.0. The number of hydrogen-bond acceptors (Lipinski definition) is 7. The zero-order valence-corrected chi connectivity index (χ0v) is 25.4. The summed E-state index contributed by atoms with van der Waals surface area (Å²) in [6, 6.07) is 11.6. The van der Waals surface area contributed by atoms with Gasteiger partial charge in [0.05, 0.1) is 11.7 Å². The molecule has 11 heteroatoms. The summed E-state index contributed by atoms with van der Waals surface area (Å²) in [5.74, 6) is -1.09. The molecule has 0 aromatic heterocycles. The SMILES string of the molecule is COC1CCN(c2cccc3c2CCN(C(O)C2CC4(CCN(C(=N)N)CC4)C2)C3C(=O)Nc2ccc(C(=O)O)cc2)CC1. The summed E-state index contributed by atoms with van der Waals surface area (Å²) < 4.78 is 5.59. The van der Waals surface area contributed by atoms with E-state index in [1.54, 1.807) is 19.2 Å². The second kappa shape index (κ2) is 12.4. The average Bonchev–Trinajstić information content (AvgIpc) is 3.02. The molecule has 2 atom stereocenters. The minimum Gasteiger partial charge on any atom is -0.478 e. The summed E-state index contributed by atoms with van der Waals surface area (Å²) in [6.07, 6.45) is 5.83. The normalized spacial score (nSPS) is 23.1. The van der Waals surface area contributed by atoms with Gasteiger partial charge >= 0.3 is 5.97 Å². The van der Waals surface area contributed by atoms with E-state index in [1.165, 1.54) is 12.1 Å². The molecule has 3 fully saturated rings. The number of likely N-dealkylation sites (tertiary alicyclic amines) is 1. The van der Waals surface area contributed by atoms with Gasteiger partial charge in [-0.2, -0.15) is 0 Å². The van der Waals surface area contributed by atoms with Gasteiger partial charge in [0.15, 0.2) is 5.96 Å². The summed E-state index contributed by atoms with van der Waals surface area (Å²) in [6.45, 7) is 3.87. The molecule has 11 nitrogen and oxygen atoms in total. The van der Waals surface area contributed by atoms with Crippen molar-refractivity contribution in [3.05, 3.63) is 59.2 Å². The molecule has 2 aromatic carbocycles. The number of nitrogens with zero attached hydrogens (tertiary/aromatic N) is 3. The lowest BCUT2D eigenvalue weighted by atomic mass is 9.57. The molecule has 236 valence electrons. The third-order valence-corrected chi connectivity index (χ3v) is 10.5. The van der Waals surface area contributed by atoms with Crippen molar-refractivity contribution in [2.45, 2.75) is 63.3 Å². The number of aliphatic hydroxyl groups is 1. The topological polar surface area (TPSA) is 155 Å². The monoisotopic (exact) mass is 604 g/mol. The molecular formula is C33H44N6O5. The maximum atomic E-state index is 14.1. The molecule has 2 aromatic rings. The van der Waals surface area contributed by atoms with Crippen molar-refractivity contribution in [1.29, 1.82) is 5.41 Å². The molecule has 1 saturated carbocycles. The Morgan fingerprint density at radius 2 is 1.73 bits per heavy atom. The zero-order valence-electron chi connectivity index (χ0n) is 25.4. The van der Waals surface area contributed by atoms with Crippen LogP contribution in [0.15, 0.2) is 42.5 Å².